The molecule has 6 nitrogen and oxygen atoms in total. The molecule has 21 heavy (non-hydrogen) atoms. The molecule has 1 heterocycles. The number of aromatic hydroxyl groups is 1. The van der Waals surface area contributed by atoms with E-state index < -0.39 is 0 Å². The molecule has 2 aromatic rings. The predicted molar refractivity (Wildman–Crippen MR) is 81.1 cm³/mol. The van der Waals surface area contributed by atoms with Gasteiger partial charge in [-0.15, -0.1) is 0 Å². The molecule has 0 atom stereocenters. The Balaban J connectivity index is 1.96. The van der Waals surface area contributed by atoms with Gasteiger partial charge in [0.25, 0.3) is 5.91 Å². The molecule has 2 rings (SSSR count). The molecule has 0 aliphatic rings. The van der Waals surface area contributed by atoms with Crippen molar-refractivity contribution in [1.82, 2.24) is 15.1 Å². The number of aromatic nitrogens is 2. The molecule has 0 aliphatic heterocycles. The zero-order valence-electron chi connectivity index (χ0n) is 12.3. The zero-order chi connectivity index (χ0) is 15.4. The van der Waals surface area contributed by atoms with Gasteiger partial charge < -0.3 is 16.2 Å². The third-order valence-corrected chi connectivity index (χ3v) is 3.35. The largest absolute Gasteiger partial charge is 0.508 e. The molecular weight excluding hydrogens is 268 g/mol. The number of anilines is 1. The van der Waals surface area contributed by atoms with Crippen LogP contribution in [0.2, 0.25) is 0 Å². The van der Waals surface area contributed by atoms with Crippen LogP contribution in [-0.4, -0.2) is 27.3 Å². The highest BCUT2D eigenvalue weighted by Crippen LogP contribution is 2.16. The van der Waals surface area contributed by atoms with Gasteiger partial charge in [0.05, 0.1) is 11.4 Å². The second-order valence-electron chi connectivity index (χ2n) is 4.86. The maximum Gasteiger partial charge on any atom is 0.271 e. The number of amides is 1. The lowest BCUT2D eigenvalue weighted by molar-refractivity contribution is 0.0945. The fraction of sp³-hybridized carbons (Fsp3) is 0.333. The van der Waals surface area contributed by atoms with Gasteiger partial charge in [0.2, 0.25) is 0 Å². The Hall–Kier alpha value is -2.50. The van der Waals surface area contributed by atoms with Crippen LogP contribution in [0.3, 0.4) is 0 Å². The first-order valence-electron chi connectivity index (χ1n) is 6.90. The number of phenols is 1. The van der Waals surface area contributed by atoms with Crippen molar-refractivity contribution in [3.8, 4) is 5.75 Å². The number of benzene rings is 1. The number of nitrogens with two attached hydrogens (primary N) is 1. The van der Waals surface area contributed by atoms with Gasteiger partial charge in [-0.3, -0.25) is 9.48 Å². The van der Waals surface area contributed by atoms with E-state index in [0.29, 0.717) is 30.8 Å². The lowest BCUT2D eigenvalue weighted by atomic mass is 10.1. The summed E-state index contributed by atoms with van der Waals surface area (Å²) < 4.78 is 1.52. The van der Waals surface area contributed by atoms with Gasteiger partial charge in [0.15, 0.2) is 0 Å². The number of nitrogens with zero attached hydrogens (tertiary/aromatic N) is 2. The van der Waals surface area contributed by atoms with E-state index in [1.54, 1.807) is 19.2 Å². The highest BCUT2D eigenvalue weighted by atomic mass is 16.3. The van der Waals surface area contributed by atoms with Crippen LogP contribution in [0.25, 0.3) is 0 Å². The molecule has 0 spiro atoms. The maximum atomic E-state index is 12.2. The molecule has 0 unspecified atom stereocenters. The van der Waals surface area contributed by atoms with Gasteiger partial charge >= 0.3 is 0 Å². The van der Waals surface area contributed by atoms with Crippen LogP contribution >= 0.6 is 0 Å². The first-order chi connectivity index (χ1) is 10.0. The quantitative estimate of drug-likeness (QED) is 0.771. The van der Waals surface area contributed by atoms with Crippen LogP contribution in [0, 0.1) is 0 Å². The average Bonchev–Trinajstić information content (AvgIpc) is 2.75. The van der Waals surface area contributed by atoms with Gasteiger partial charge in [-0.25, -0.2) is 0 Å². The second kappa shape index (κ2) is 6.30. The summed E-state index contributed by atoms with van der Waals surface area (Å²) in [5.41, 5.74) is 8.57. The summed E-state index contributed by atoms with van der Waals surface area (Å²) in [7, 11) is 1.71. The maximum absolute atomic E-state index is 12.2. The fourth-order valence-electron chi connectivity index (χ4n) is 2.19. The Labute approximate surface area is 123 Å². The number of rotatable bonds is 5. The number of hydrogen-bond donors (Lipinski definition) is 3. The number of aryl methyl sites for hydroxylation is 2. The first-order valence-corrected chi connectivity index (χ1v) is 6.90. The summed E-state index contributed by atoms with van der Waals surface area (Å²) in [5.74, 6) is 0.0125. The van der Waals surface area contributed by atoms with E-state index in [2.05, 4.69) is 10.4 Å². The minimum absolute atomic E-state index is 0.221. The van der Waals surface area contributed by atoms with Gasteiger partial charge in [-0.1, -0.05) is 19.1 Å². The molecule has 0 fully saturated rings. The van der Waals surface area contributed by atoms with Crippen LogP contribution in [0.5, 0.6) is 5.75 Å². The van der Waals surface area contributed by atoms with Crippen LogP contribution in [0.15, 0.2) is 24.3 Å². The molecule has 0 radical (unpaired) electrons. The first kappa shape index (κ1) is 14.9. The van der Waals surface area contributed by atoms with Crippen molar-refractivity contribution < 1.29 is 9.90 Å². The van der Waals surface area contributed by atoms with Gasteiger partial charge in [0, 0.05) is 13.6 Å². The Morgan fingerprint density at radius 1 is 1.38 bits per heavy atom. The summed E-state index contributed by atoms with van der Waals surface area (Å²) in [6, 6.07) is 6.91. The smallest absolute Gasteiger partial charge is 0.271 e. The molecule has 1 amide bonds. The van der Waals surface area contributed by atoms with Crippen molar-refractivity contribution in [3.05, 3.63) is 41.2 Å². The van der Waals surface area contributed by atoms with Gasteiger partial charge in [-0.05, 0) is 30.5 Å². The summed E-state index contributed by atoms with van der Waals surface area (Å²) in [4.78, 5) is 12.2. The second-order valence-corrected chi connectivity index (χ2v) is 4.86. The number of hydrogen-bond acceptors (Lipinski definition) is 4. The Bertz CT molecular complexity index is 632. The van der Waals surface area contributed by atoms with E-state index in [-0.39, 0.29) is 11.7 Å². The van der Waals surface area contributed by atoms with Crippen molar-refractivity contribution in [2.24, 2.45) is 7.05 Å². The third-order valence-electron chi connectivity index (χ3n) is 3.35. The molecule has 0 saturated heterocycles. The molecule has 0 aliphatic carbocycles. The summed E-state index contributed by atoms with van der Waals surface area (Å²) in [5, 5.41) is 16.3. The van der Waals surface area contributed by atoms with Crippen molar-refractivity contribution in [2.75, 3.05) is 12.3 Å². The molecular formula is C15H20N4O2. The number of nitrogens with one attached hydrogen (secondary N) is 1. The van der Waals surface area contributed by atoms with Crippen molar-refractivity contribution in [3.63, 3.8) is 0 Å². The van der Waals surface area contributed by atoms with E-state index in [9.17, 15) is 9.90 Å². The third kappa shape index (κ3) is 3.34. The molecule has 112 valence electrons. The van der Waals surface area contributed by atoms with Gasteiger partial charge in [0.1, 0.15) is 11.4 Å². The number of carbonyl (C=O) groups excluding carboxylic acids is 1. The van der Waals surface area contributed by atoms with Crippen LogP contribution in [-0.2, 0) is 19.9 Å². The number of nitrogen functional groups attached to an aromatic ring is 1. The molecule has 0 bridgehead atoms. The number of carbonyl (C=O) groups is 1. The lowest BCUT2D eigenvalue weighted by Crippen LogP contribution is -2.28. The number of phenolic OH excluding ortho intramolecular Hbond substituents is 1. The molecule has 0 saturated carbocycles. The lowest BCUT2D eigenvalue weighted by Gasteiger charge is -2.06. The van der Waals surface area contributed by atoms with Gasteiger partial charge in [-0.2, -0.15) is 5.10 Å². The minimum atomic E-state index is -0.221. The Kier molecular flexibility index (Phi) is 4.47. The summed E-state index contributed by atoms with van der Waals surface area (Å²) in [6.45, 7) is 2.45. The predicted octanol–water partition coefficient (Wildman–Crippen LogP) is 1.24. The molecule has 1 aromatic heterocycles. The average molecular weight is 288 g/mol. The van der Waals surface area contributed by atoms with Crippen molar-refractivity contribution in [1.29, 1.82) is 0 Å². The van der Waals surface area contributed by atoms with Crippen LogP contribution in [0.4, 0.5) is 5.69 Å². The summed E-state index contributed by atoms with van der Waals surface area (Å²) in [6.07, 6.45) is 1.38. The monoisotopic (exact) mass is 288 g/mol. The van der Waals surface area contributed by atoms with E-state index in [1.165, 1.54) is 4.68 Å². The Morgan fingerprint density at radius 2 is 2.05 bits per heavy atom. The van der Waals surface area contributed by atoms with Crippen LogP contribution in [0.1, 0.15) is 28.7 Å². The molecule has 1 aromatic carbocycles. The van der Waals surface area contributed by atoms with Crippen LogP contribution < -0.4 is 11.1 Å². The van der Waals surface area contributed by atoms with E-state index in [0.717, 1.165) is 11.3 Å². The molecule has 6 heteroatoms. The summed E-state index contributed by atoms with van der Waals surface area (Å²) >= 11 is 0. The SMILES string of the molecule is CCc1nn(C)c(C(=O)NCCc2ccc(O)cc2)c1N. The zero-order valence-corrected chi connectivity index (χ0v) is 12.3. The normalized spacial score (nSPS) is 10.6. The highest BCUT2D eigenvalue weighted by Gasteiger charge is 2.18. The van der Waals surface area contributed by atoms with Crippen molar-refractivity contribution >= 4 is 11.6 Å². The molecule has 4 N–H and O–H groups in total. The topological polar surface area (TPSA) is 93.2 Å². The van der Waals surface area contributed by atoms with Crippen molar-refractivity contribution in [2.45, 2.75) is 19.8 Å². The van der Waals surface area contributed by atoms with E-state index in [1.807, 2.05) is 19.1 Å². The minimum Gasteiger partial charge on any atom is -0.508 e. The fourth-order valence-corrected chi connectivity index (χ4v) is 2.19. The Morgan fingerprint density at radius 3 is 2.62 bits per heavy atom. The van der Waals surface area contributed by atoms with E-state index >= 15 is 0 Å². The van der Waals surface area contributed by atoms with E-state index in [4.69, 9.17) is 5.73 Å². The highest BCUT2D eigenvalue weighted by molar-refractivity contribution is 5.97. The standard InChI is InChI=1S/C15H20N4O2/c1-3-12-13(16)14(19(2)18-12)15(21)17-9-8-10-4-6-11(20)7-5-10/h4-7,20H,3,8-9,16H2,1-2H3,(H,17,21).